The number of nitrogens with zero attached hydrogens (tertiary/aromatic N) is 1. The number of hydrogen-bond donors (Lipinski definition) is 2. The van der Waals surface area contributed by atoms with E-state index in [0.717, 1.165) is 11.6 Å². The van der Waals surface area contributed by atoms with Crippen molar-refractivity contribution in [2.24, 2.45) is 0 Å². The molecule has 4 nitrogen and oxygen atoms in total. The fourth-order valence-corrected chi connectivity index (χ4v) is 1.00. The van der Waals surface area contributed by atoms with Crippen LogP contribution >= 0.6 is 0 Å². The second-order valence-corrected chi connectivity index (χ2v) is 2.47. The van der Waals surface area contributed by atoms with Crippen molar-refractivity contribution in [3.05, 3.63) is 6.20 Å². The normalized spacial score (nSPS) is 22.7. The predicted molar refractivity (Wildman–Crippen MR) is 37.2 cm³/mol. The Balaban J connectivity index is 2.30. The zero-order chi connectivity index (χ0) is 6.97. The van der Waals surface area contributed by atoms with E-state index in [1.54, 1.807) is 6.20 Å². The average Bonchev–Trinajstić information content (AvgIpc) is 2.33. The van der Waals surface area contributed by atoms with Crippen LogP contribution < -0.4 is 10.1 Å². The van der Waals surface area contributed by atoms with Crippen LogP contribution in [0.15, 0.2) is 6.20 Å². The molecule has 1 atom stereocenters. The van der Waals surface area contributed by atoms with Gasteiger partial charge in [-0.05, 0) is 6.92 Å². The number of aromatic amines is 1. The molecule has 1 aliphatic rings. The molecule has 1 aromatic rings. The molecule has 2 N–H and O–H groups in total. The molecule has 1 aromatic heterocycles. The topological polar surface area (TPSA) is 49.9 Å². The van der Waals surface area contributed by atoms with Gasteiger partial charge in [0.2, 0.25) is 5.88 Å². The van der Waals surface area contributed by atoms with E-state index in [0.29, 0.717) is 12.6 Å². The summed E-state index contributed by atoms with van der Waals surface area (Å²) < 4.78 is 5.30. The molecule has 0 aromatic carbocycles. The number of anilines is 1. The molecule has 2 heterocycles. The maximum Gasteiger partial charge on any atom is 0.233 e. The van der Waals surface area contributed by atoms with Gasteiger partial charge < -0.3 is 10.1 Å². The van der Waals surface area contributed by atoms with Gasteiger partial charge in [0, 0.05) is 0 Å². The zero-order valence-corrected chi connectivity index (χ0v) is 5.72. The molecular formula is C6H9N3O. The first-order chi connectivity index (χ1) is 4.86. The molecule has 0 saturated heterocycles. The van der Waals surface area contributed by atoms with Crippen LogP contribution in [0.2, 0.25) is 0 Å². The third-order valence-corrected chi connectivity index (χ3v) is 1.48. The molecule has 0 saturated carbocycles. The van der Waals surface area contributed by atoms with E-state index in [2.05, 4.69) is 22.4 Å². The molecule has 1 aliphatic heterocycles. The highest BCUT2D eigenvalue weighted by molar-refractivity contribution is 5.52. The highest BCUT2D eigenvalue weighted by Crippen LogP contribution is 2.24. The van der Waals surface area contributed by atoms with Crippen LogP contribution in [-0.2, 0) is 0 Å². The largest absolute Gasteiger partial charge is 0.474 e. The van der Waals surface area contributed by atoms with Gasteiger partial charge in [0.1, 0.15) is 12.3 Å². The van der Waals surface area contributed by atoms with Crippen LogP contribution in [0, 0.1) is 0 Å². The van der Waals surface area contributed by atoms with Gasteiger partial charge in [0.25, 0.3) is 0 Å². The first kappa shape index (κ1) is 5.58. The van der Waals surface area contributed by atoms with E-state index in [-0.39, 0.29) is 0 Å². The van der Waals surface area contributed by atoms with E-state index in [9.17, 15) is 0 Å². The Labute approximate surface area is 58.6 Å². The molecule has 0 fully saturated rings. The molecule has 4 heteroatoms. The van der Waals surface area contributed by atoms with E-state index >= 15 is 0 Å². The number of aromatic nitrogens is 2. The average molecular weight is 139 g/mol. The maximum absolute atomic E-state index is 5.30. The van der Waals surface area contributed by atoms with Crippen molar-refractivity contribution in [2.45, 2.75) is 13.0 Å². The Kier molecular flexibility index (Phi) is 1.06. The summed E-state index contributed by atoms with van der Waals surface area (Å²) in [4.78, 5) is 0. The highest BCUT2D eigenvalue weighted by Gasteiger charge is 2.15. The molecule has 0 radical (unpaired) electrons. The van der Waals surface area contributed by atoms with Crippen LogP contribution in [0.4, 0.5) is 5.69 Å². The summed E-state index contributed by atoms with van der Waals surface area (Å²) in [6, 6.07) is 0.380. The summed E-state index contributed by atoms with van der Waals surface area (Å²) >= 11 is 0. The Morgan fingerprint density at radius 3 is 3.60 bits per heavy atom. The lowest BCUT2D eigenvalue weighted by atomic mass is 10.3. The van der Waals surface area contributed by atoms with Crippen molar-refractivity contribution in [3.63, 3.8) is 0 Å². The molecule has 2 rings (SSSR count). The molecule has 10 heavy (non-hydrogen) atoms. The summed E-state index contributed by atoms with van der Waals surface area (Å²) in [5.41, 5.74) is 0.957. The van der Waals surface area contributed by atoms with E-state index in [4.69, 9.17) is 4.74 Å². The third kappa shape index (κ3) is 0.725. The monoisotopic (exact) mass is 139 g/mol. The summed E-state index contributed by atoms with van der Waals surface area (Å²) in [7, 11) is 0. The second-order valence-electron chi connectivity index (χ2n) is 2.47. The summed E-state index contributed by atoms with van der Waals surface area (Å²) in [6.45, 7) is 2.77. The van der Waals surface area contributed by atoms with Gasteiger partial charge in [0.15, 0.2) is 0 Å². The third-order valence-electron chi connectivity index (χ3n) is 1.48. The molecule has 0 spiro atoms. The Morgan fingerprint density at radius 2 is 2.70 bits per heavy atom. The van der Waals surface area contributed by atoms with E-state index < -0.39 is 0 Å². The summed E-state index contributed by atoms with van der Waals surface area (Å²) in [5, 5.41) is 9.79. The minimum atomic E-state index is 0.380. The van der Waals surface area contributed by atoms with Gasteiger partial charge in [-0.15, -0.1) is 0 Å². The first-order valence-corrected chi connectivity index (χ1v) is 3.29. The molecular weight excluding hydrogens is 130 g/mol. The standard InChI is InChI=1S/C6H9N3O/c1-4-3-10-6-5(8-4)2-7-9-6/h2,4,8H,3H2,1H3,(H,7,9). The molecule has 0 aliphatic carbocycles. The zero-order valence-electron chi connectivity index (χ0n) is 5.72. The van der Waals surface area contributed by atoms with Crippen LogP contribution in [0.25, 0.3) is 0 Å². The molecule has 0 bridgehead atoms. The van der Waals surface area contributed by atoms with Gasteiger partial charge in [0.05, 0.1) is 12.2 Å². The lowest BCUT2D eigenvalue weighted by molar-refractivity contribution is 0.281. The van der Waals surface area contributed by atoms with Crippen molar-refractivity contribution >= 4 is 5.69 Å². The van der Waals surface area contributed by atoms with Crippen molar-refractivity contribution in [2.75, 3.05) is 11.9 Å². The van der Waals surface area contributed by atoms with E-state index in [1.807, 2.05) is 0 Å². The molecule has 0 amide bonds. The van der Waals surface area contributed by atoms with Gasteiger partial charge in [-0.2, -0.15) is 5.10 Å². The quantitative estimate of drug-likeness (QED) is 0.553. The number of ether oxygens (including phenoxy) is 1. The highest BCUT2D eigenvalue weighted by atomic mass is 16.5. The molecule has 54 valence electrons. The van der Waals surface area contributed by atoms with Gasteiger partial charge in [-0.25, -0.2) is 5.10 Å². The van der Waals surface area contributed by atoms with Crippen LogP contribution in [0.5, 0.6) is 5.88 Å². The fraction of sp³-hybridized carbons (Fsp3) is 0.500. The SMILES string of the molecule is CC1COc2[nH]ncc2N1. The van der Waals surface area contributed by atoms with Crippen LogP contribution in [0.3, 0.4) is 0 Å². The number of nitrogens with one attached hydrogen (secondary N) is 2. The number of H-pyrrole nitrogens is 1. The number of fused-ring (bicyclic) bond motifs is 1. The Hall–Kier alpha value is -1.19. The van der Waals surface area contributed by atoms with Crippen molar-refractivity contribution in [1.82, 2.24) is 10.2 Å². The van der Waals surface area contributed by atoms with E-state index in [1.165, 1.54) is 0 Å². The minimum Gasteiger partial charge on any atom is -0.474 e. The maximum atomic E-state index is 5.30. The lowest BCUT2D eigenvalue weighted by Gasteiger charge is -2.20. The van der Waals surface area contributed by atoms with Crippen LogP contribution in [0.1, 0.15) is 6.92 Å². The first-order valence-electron chi connectivity index (χ1n) is 3.29. The minimum absolute atomic E-state index is 0.380. The van der Waals surface area contributed by atoms with Gasteiger partial charge in [-0.1, -0.05) is 0 Å². The lowest BCUT2D eigenvalue weighted by Crippen LogP contribution is -2.27. The number of hydrogen-bond acceptors (Lipinski definition) is 3. The van der Waals surface area contributed by atoms with Crippen LogP contribution in [-0.4, -0.2) is 22.8 Å². The van der Waals surface area contributed by atoms with Crippen molar-refractivity contribution < 1.29 is 4.74 Å². The van der Waals surface area contributed by atoms with Crippen molar-refractivity contribution in [3.8, 4) is 5.88 Å². The van der Waals surface area contributed by atoms with Gasteiger partial charge >= 0.3 is 0 Å². The van der Waals surface area contributed by atoms with Crippen molar-refractivity contribution in [1.29, 1.82) is 0 Å². The van der Waals surface area contributed by atoms with Gasteiger partial charge in [-0.3, -0.25) is 0 Å². The smallest absolute Gasteiger partial charge is 0.233 e. The second kappa shape index (κ2) is 1.90. The summed E-state index contributed by atoms with van der Waals surface area (Å²) in [5.74, 6) is 0.748. The Bertz CT molecular complexity index is 233. The fourth-order valence-electron chi connectivity index (χ4n) is 1.00. The molecule has 1 unspecified atom stereocenters. The number of rotatable bonds is 0. The Morgan fingerprint density at radius 1 is 1.80 bits per heavy atom. The summed E-state index contributed by atoms with van der Waals surface area (Å²) in [6.07, 6.45) is 1.73. The predicted octanol–water partition coefficient (Wildman–Crippen LogP) is 0.602.